The summed E-state index contributed by atoms with van der Waals surface area (Å²) in [5.74, 6) is 1.93. The topological polar surface area (TPSA) is 32.3 Å². The number of hydrogen-bond acceptors (Lipinski definition) is 2. The van der Waals surface area contributed by atoms with E-state index in [1.54, 1.807) is 0 Å². The quantitative estimate of drug-likeness (QED) is 0.814. The van der Waals surface area contributed by atoms with Crippen molar-refractivity contribution in [3.63, 3.8) is 0 Å². The van der Waals surface area contributed by atoms with Gasteiger partial charge >= 0.3 is 0 Å². The van der Waals surface area contributed by atoms with Crippen LogP contribution in [-0.4, -0.2) is 29.1 Å². The fourth-order valence-electron chi connectivity index (χ4n) is 3.64. The molecule has 1 N–H and O–H groups in total. The fourth-order valence-corrected chi connectivity index (χ4v) is 3.64. The molecular formula is C14H24N2O. The minimum Gasteiger partial charge on any atom is -0.325 e. The van der Waals surface area contributed by atoms with E-state index in [1.165, 1.54) is 19.3 Å². The molecule has 3 nitrogen and oxygen atoms in total. The van der Waals surface area contributed by atoms with E-state index in [1.807, 2.05) is 0 Å². The summed E-state index contributed by atoms with van der Waals surface area (Å²) in [7, 11) is 0. The first kappa shape index (κ1) is 11.5. The number of carbonyl (C=O) groups is 1. The molecule has 1 amide bonds. The molecule has 0 aromatic heterocycles. The zero-order valence-electron chi connectivity index (χ0n) is 11.0. The van der Waals surface area contributed by atoms with Gasteiger partial charge in [-0.2, -0.15) is 0 Å². The third-order valence-electron chi connectivity index (χ3n) is 5.10. The van der Waals surface area contributed by atoms with E-state index in [4.69, 9.17) is 0 Å². The Morgan fingerprint density at radius 2 is 2.18 bits per heavy atom. The van der Waals surface area contributed by atoms with Crippen molar-refractivity contribution in [2.75, 3.05) is 6.54 Å². The Morgan fingerprint density at radius 3 is 2.71 bits per heavy atom. The molecule has 0 aromatic rings. The van der Waals surface area contributed by atoms with E-state index in [0.717, 1.165) is 37.6 Å². The molecule has 17 heavy (non-hydrogen) atoms. The van der Waals surface area contributed by atoms with Crippen LogP contribution in [0.3, 0.4) is 0 Å². The van der Waals surface area contributed by atoms with Crippen LogP contribution in [0, 0.1) is 11.8 Å². The third-order valence-corrected chi connectivity index (χ3v) is 5.10. The number of carbonyl (C=O) groups excluding carboxylic acids is 1. The van der Waals surface area contributed by atoms with E-state index in [9.17, 15) is 4.79 Å². The summed E-state index contributed by atoms with van der Waals surface area (Å²) in [4.78, 5) is 14.6. The Kier molecular flexibility index (Phi) is 2.69. The lowest BCUT2D eigenvalue weighted by atomic mass is 9.97. The maximum Gasteiger partial charge on any atom is 0.244 e. The Hall–Kier alpha value is -0.570. The fraction of sp³-hybridized carbons (Fsp3) is 0.929. The van der Waals surface area contributed by atoms with Gasteiger partial charge in [-0.1, -0.05) is 26.7 Å². The number of nitrogens with zero attached hydrogens (tertiary/aromatic N) is 1. The van der Waals surface area contributed by atoms with Crippen LogP contribution in [0.4, 0.5) is 0 Å². The van der Waals surface area contributed by atoms with E-state index in [2.05, 4.69) is 24.1 Å². The highest BCUT2D eigenvalue weighted by Crippen LogP contribution is 2.43. The molecule has 3 aliphatic rings. The van der Waals surface area contributed by atoms with Gasteiger partial charge in [0.05, 0.1) is 11.7 Å². The second-order valence-corrected chi connectivity index (χ2v) is 6.28. The highest BCUT2D eigenvalue weighted by atomic mass is 16.2. The summed E-state index contributed by atoms with van der Waals surface area (Å²) in [6.07, 6.45) is 7.46. The van der Waals surface area contributed by atoms with Gasteiger partial charge in [0.2, 0.25) is 5.91 Å². The van der Waals surface area contributed by atoms with Gasteiger partial charge in [-0.25, -0.2) is 0 Å². The van der Waals surface area contributed by atoms with Gasteiger partial charge < -0.3 is 4.90 Å². The first-order valence-corrected chi connectivity index (χ1v) is 7.25. The second-order valence-electron chi connectivity index (χ2n) is 6.28. The zero-order valence-corrected chi connectivity index (χ0v) is 11.0. The van der Waals surface area contributed by atoms with E-state index in [-0.39, 0.29) is 5.54 Å². The Morgan fingerprint density at radius 1 is 1.41 bits per heavy atom. The molecule has 3 fully saturated rings. The van der Waals surface area contributed by atoms with Crippen LogP contribution in [-0.2, 0) is 4.79 Å². The summed E-state index contributed by atoms with van der Waals surface area (Å²) >= 11 is 0. The molecule has 1 aliphatic heterocycles. The summed E-state index contributed by atoms with van der Waals surface area (Å²) in [5, 5.41) is 3.56. The highest BCUT2D eigenvalue weighted by Gasteiger charge is 2.58. The molecule has 0 radical (unpaired) electrons. The molecule has 2 aliphatic carbocycles. The molecule has 0 aromatic carbocycles. The predicted molar refractivity (Wildman–Crippen MR) is 67.4 cm³/mol. The van der Waals surface area contributed by atoms with Crippen LogP contribution in [0.2, 0.25) is 0 Å². The summed E-state index contributed by atoms with van der Waals surface area (Å²) in [6, 6.07) is 0. The smallest absolute Gasteiger partial charge is 0.244 e. The van der Waals surface area contributed by atoms with Crippen LogP contribution in [0.5, 0.6) is 0 Å². The molecule has 3 heteroatoms. The Labute approximate surface area is 104 Å². The first-order chi connectivity index (χ1) is 8.16. The number of rotatable bonds is 3. The third kappa shape index (κ3) is 1.79. The SMILES string of the molecule is CCC1NC2(CC2)C(=O)N1CC1CCCC1C. The van der Waals surface area contributed by atoms with Gasteiger partial charge in [0, 0.05) is 6.54 Å². The van der Waals surface area contributed by atoms with Gasteiger partial charge in [0.25, 0.3) is 0 Å². The number of nitrogens with one attached hydrogen (secondary N) is 1. The molecule has 1 saturated heterocycles. The number of hydrogen-bond donors (Lipinski definition) is 1. The van der Waals surface area contributed by atoms with Crippen LogP contribution in [0.25, 0.3) is 0 Å². The molecule has 3 atom stereocenters. The molecule has 1 spiro atoms. The molecule has 3 unspecified atom stereocenters. The maximum absolute atomic E-state index is 12.4. The first-order valence-electron chi connectivity index (χ1n) is 7.25. The van der Waals surface area contributed by atoms with Gasteiger partial charge in [0.1, 0.15) is 0 Å². The van der Waals surface area contributed by atoms with Crippen molar-refractivity contribution in [2.24, 2.45) is 11.8 Å². The zero-order chi connectivity index (χ0) is 12.0. The van der Waals surface area contributed by atoms with Gasteiger partial charge in [-0.05, 0) is 37.5 Å². The minimum atomic E-state index is -0.123. The van der Waals surface area contributed by atoms with E-state index < -0.39 is 0 Å². The molecule has 1 heterocycles. The van der Waals surface area contributed by atoms with Crippen molar-refractivity contribution in [3.05, 3.63) is 0 Å². The van der Waals surface area contributed by atoms with Crippen molar-refractivity contribution >= 4 is 5.91 Å². The molecule has 96 valence electrons. The minimum absolute atomic E-state index is 0.123. The van der Waals surface area contributed by atoms with Crippen molar-refractivity contribution in [1.82, 2.24) is 10.2 Å². The average molecular weight is 236 g/mol. The highest BCUT2D eigenvalue weighted by molar-refractivity contribution is 5.91. The van der Waals surface area contributed by atoms with Crippen molar-refractivity contribution in [3.8, 4) is 0 Å². The van der Waals surface area contributed by atoms with Crippen LogP contribution >= 0.6 is 0 Å². The molecular weight excluding hydrogens is 212 g/mol. The lowest BCUT2D eigenvalue weighted by molar-refractivity contribution is -0.131. The normalized spacial score (nSPS) is 39.3. The standard InChI is InChI=1S/C14H24N2O/c1-3-12-15-14(7-8-14)13(17)16(12)9-11-6-4-5-10(11)2/h10-12,15H,3-9H2,1-2H3. The molecule has 2 saturated carbocycles. The lowest BCUT2D eigenvalue weighted by Gasteiger charge is -2.28. The summed E-state index contributed by atoms with van der Waals surface area (Å²) in [5.41, 5.74) is -0.123. The van der Waals surface area contributed by atoms with E-state index >= 15 is 0 Å². The maximum atomic E-state index is 12.4. The summed E-state index contributed by atoms with van der Waals surface area (Å²) in [6.45, 7) is 5.52. The van der Waals surface area contributed by atoms with Crippen LogP contribution in [0.15, 0.2) is 0 Å². The van der Waals surface area contributed by atoms with E-state index in [0.29, 0.717) is 12.1 Å². The largest absolute Gasteiger partial charge is 0.325 e. The lowest BCUT2D eigenvalue weighted by Crippen LogP contribution is -2.40. The Bertz CT molecular complexity index is 324. The van der Waals surface area contributed by atoms with Crippen molar-refractivity contribution in [2.45, 2.75) is 64.1 Å². The van der Waals surface area contributed by atoms with Crippen molar-refractivity contribution < 1.29 is 4.79 Å². The predicted octanol–water partition coefficient (Wildman–Crippen LogP) is 2.12. The van der Waals surface area contributed by atoms with Gasteiger partial charge in [0.15, 0.2) is 0 Å². The van der Waals surface area contributed by atoms with Crippen LogP contribution < -0.4 is 5.32 Å². The van der Waals surface area contributed by atoms with Gasteiger partial charge in [-0.3, -0.25) is 10.1 Å². The Balaban J connectivity index is 1.70. The molecule has 3 rings (SSSR count). The average Bonchev–Trinajstić information content (AvgIpc) is 2.93. The second kappa shape index (κ2) is 3.98. The molecule has 0 bridgehead atoms. The monoisotopic (exact) mass is 236 g/mol. The van der Waals surface area contributed by atoms with Crippen LogP contribution in [0.1, 0.15) is 52.4 Å². The van der Waals surface area contributed by atoms with Crippen molar-refractivity contribution in [1.29, 1.82) is 0 Å². The van der Waals surface area contributed by atoms with Gasteiger partial charge in [-0.15, -0.1) is 0 Å². The summed E-state index contributed by atoms with van der Waals surface area (Å²) < 4.78 is 0. The number of amides is 1.